The van der Waals surface area contributed by atoms with Crippen LogP contribution in [0.4, 0.5) is 0 Å². The van der Waals surface area contributed by atoms with Crippen molar-refractivity contribution in [3.8, 4) is 0 Å². The lowest BCUT2D eigenvalue weighted by molar-refractivity contribution is -0.125. The van der Waals surface area contributed by atoms with Gasteiger partial charge in [0.05, 0.1) is 6.04 Å². The maximum atomic E-state index is 11.3. The second-order valence-corrected chi connectivity index (χ2v) is 3.10. The van der Waals surface area contributed by atoms with Crippen LogP contribution in [0.5, 0.6) is 0 Å². The third-order valence-electron chi connectivity index (χ3n) is 2.24. The smallest absolute Gasteiger partial charge is 0.243 e. The van der Waals surface area contributed by atoms with Gasteiger partial charge in [0.2, 0.25) is 5.91 Å². The standard InChI is InChI=1S/C8H11N3O/c1-5-7-9-3-4-11(7)6(2)8(12)10-5/h3-6H,1-2H3,(H,10,12)/t5-,6-/m0/s1. The highest BCUT2D eigenvalue weighted by Gasteiger charge is 2.27. The summed E-state index contributed by atoms with van der Waals surface area (Å²) in [6.07, 6.45) is 3.57. The van der Waals surface area contributed by atoms with E-state index in [9.17, 15) is 4.79 Å². The lowest BCUT2D eigenvalue weighted by atomic mass is 10.2. The number of aromatic nitrogens is 2. The van der Waals surface area contributed by atoms with Gasteiger partial charge in [0.1, 0.15) is 11.9 Å². The van der Waals surface area contributed by atoms with Crippen LogP contribution in [0.3, 0.4) is 0 Å². The van der Waals surface area contributed by atoms with Crippen molar-refractivity contribution in [2.75, 3.05) is 0 Å². The van der Waals surface area contributed by atoms with Crippen LogP contribution >= 0.6 is 0 Å². The van der Waals surface area contributed by atoms with Crippen LogP contribution in [-0.2, 0) is 4.79 Å². The van der Waals surface area contributed by atoms with Gasteiger partial charge in [0.25, 0.3) is 0 Å². The number of carbonyl (C=O) groups excluding carboxylic acids is 1. The minimum absolute atomic E-state index is 0.0312. The fourth-order valence-corrected chi connectivity index (χ4v) is 1.51. The Morgan fingerprint density at radius 2 is 2.33 bits per heavy atom. The molecule has 0 spiro atoms. The molecule has 0 saturated carbocycles. The van der Waals surface area contributed by atoms with Gasteiger partial charge in [-0.05, 0) is 13.8 Å². The quantitative estimate of drug-likeness (QED) is 0.613. The second kappa shape index (κ2) is 2.33. The van der Waals surface area contributed by atoms with E-state index in [1.54, 1.807) is 6.20 Å². The zero-order valence-corrected chi connectivity index (χ0v) is 7.11. The van der Waals surface area contributed by atoms with Gasteiger partial charge >= 0.3 is 0 Å². The van der Waals surface area contributed by atoms with E-state index >= 15 is 0 Å². The topological polar surface area (TPSA) is 46.9 Å². The summed E-state index contributed by atoms with van der Waals surface area (Å²) < 4.78 is 1.91. The van der Waals surface area contributed by atoms with E-state index in [4.69, 9.17) is 0 Å². The number of hydrogen-bond acceptors (Lipinski definition) is 2. The van der Waals surface area contributed by atoms with Gasteiger partial charge in [-0.25, -0.2) is 4.98 Å². The normalized spacial score (nSPS) is 28.0. The number of imidazole rings is 1. The van der Waals surface area contributed by atoms with E-state index in [2.05, 4.69) is 10.3 Å². The fourth-order valence-electron chi connectivity index (χ4n) is 1.51. The molecule has 1 N–H and O–H groups in total. The summed E-state index contributed by atoms with van der Waals surface area (Å²) in [5.74, 6) is 0.995. The van der Waals surface area contributed by atoms with Crippen molar-refractivity contribution < 1.29 is 4.79 Å². The van der Waals surface area contributed by atoms with Crippen molar-refractivity contribution in [3.63, 3.8) is 0 Å². The first-order valence-electron chi connectivity index (χ1n) is 4.03. The van der Waals surface area contributed by atoms with Gasteiger partial charge in [-0.1, -0.05) is 0 Å². The van der Waals surface area contributed by atoms with E-state index in [1.165, 1.54) is 0 Å². The maximum Gasteiger partial charge on any atom is 0.243 e. The van der Waals surface area contributed by atoms with Gasteiger partial charge in [0, 0.05) is 12.4 Å². The van der Waals surface area contributed by atoms with Crippen LogP contribution in [0, 0.1) is 0 Å². The summed E-state index contributed by atoms with van der Waals surface area (Å²) >= 11 is 0. The molecule has 4 nitrogen and oxygen atoms in total. The lowest BCUT2D eigenvalue weighted by Crippen LogP contribution is -2.39. The Bertz CT molecular complexity index is 318. The predicted molar refractivity (Wildman–Crippen MR) is 43.5 cm³/mol. The molecule has 1 aliphatic rings. The molecule has 2 heterocycles. The van der Waals surface area contributed by atoms with Gasteiger partial charge in [-0.3, -0.25) is 4.79 Å². The first-order valence-corrected chi connectivity index (χ1v) is 4.03. The minimum Gasteiger partial charge on any atom is -0.345 e. The fraction of sp³-hybridized carbons (Fsp3) is 0.500. The predicted octanol–water partition coefficient (Wildman–Crippen LogP) is 0.635. The number of amides is 1. The SMILES string of the molecule is C[C@@H]1NC(=O)[C@H](C)n2ccnc21. The Kier molecular flexibility index (Phi) is 1.43. The summed E-state index contributed by atoms with van der Waals surface area (Å²) in [5, 5.41) is 2.85. The molecule has 0 aliphatic carbocycles. The number of rotatable bonds is 0. The average Bonchev–Trinajstić information content (AvgIpc) is 2.48. The summed E-state index contributed by atoms with van der Waals surface area (Å²) in [6, 6.07) is -0.0950. The Morgan fingerprint density at radius 3 is 3.08 bits per heavy atom. The molecule has 0 fully saturated rings. The number of nitrogens with zero attached hydrogens (tertiary/aromatic N) is 2. The molecule has 4 heteroatoms. The molecule has 0 bridgehead atoms. The molecule has 1 aliphatic heterocycles. The van der Waals surface area contributed by atoms with Gasteiger partial charge in [0.15, 0.2) is 0 Å². The third-order valence-corrected chi connectivity index (χ3v) is 2.24. The largest absolute Gasteiger partial charge is 0.345 e. The van der Waals surface area contributed by atoms with Gasteiger partial charge < -0.3 is 9.88 Å². The molecule has 1 aromatic rings. The van der Waals surface area contributed by atoms with E-state index in [-0.39, 0.29) is 18.0 Å². The molecule has 64 valence electrons. The molecule has 1 amide bonds. The van der Waals surface area contributed by atoms with Crippen LogP contribution in [0.2, 0.25) is 0 Å². The highest BCUT2D eigenvalue weighted by molar-refractivity contribution is 5.81. The molecular formula is C8H11N3O. The molecular weight excluding hydrogens is 154 g/mol. The van der Waals surface area contributed by atoms with Crippen molar-refractivity contribution in [2.45, 2.75) is 25.9 Å². The van der Waals surface area contributed by atoms with E-state index < -0.39 is 0 Å². The highest BCUT2D eigenvalue weighted by atomic mass is 16.2. The molecule has 0 unspecified atom stereocenters. The van der Waals surface area contributed by atoms with Gasteiger partial charge in [-0.15, -0.1) is 0 Å². The first-order chi connectivity index (χ1) is 5.70. The Labute approximate surface area is 70.6 Å². The molecule has 0 aromatic carbocycles. The van der Waals surface area contributed by atoms with Crippen LogP contribution < -0.4 is 5.32 Å². The van der Waals surface area contributed by atoms with E-state index in [0.29, 0.717) is 0 Å². The van der Waals surface area contributed by atoms with Crippen LogP contribution in [-0.4, -0.2) is 15.5 Å². The molecule has 1 aromatic heterocycles. The Hall–Kier alpha value is -1.32. The van der Waals surface area contributed by atoms with Crippen LogP contribution in [0.15, 0.2) is 12.4 Å². The highest BCUT2D eigenvalue weighted by Crippen LogP contribution is 2.21. The van der Waals surface area contributed by atoms with Crippen molar-refractivity contribution in [3.05, 3.63) is 18.2 Å². The summed E-state index contributed by atoms with van der Waals surface area (Å²) in [5.41, 5.74) is 0. The first kappa shape index (κ1) is 7.34. The summed E-state index contributed by atoms with van der Waals surface area (Å²) in [6.45, 7) is 3.80. The van der Waals surface area contributed by atoms with Gasteiger partial charge in [-0.2, -0.15) is 0 Å². The molecule has 0 radical (unpaired) electrons. The van der Waals surface area contributed by atoms with Crippen LogP contribution in [0.25, 0.3) is 0 Å². The van der Waals surface area contributed by atoms with Crippen molar-refractivity contribution in [2.24, 2.45) is 0 Å². The van der Waals surface area contributed by atoms with Crippen LogP contribution in [0.1, 0.15) is 31.8 Å². The van der Waals surface area contributed by atoms with E-state index in [1.807, 2.05) is 24.6 Å². The number of carbonyl (C=O) groups is 1. The molecule has 2 rings (SSSR count). The Morgan fingerprint density at radius 1 is 1.58 bits per heavy atom. The number of hydrogen-bond donors (Lipinski definition) is 1. The summed E-state index contributed by atoms with van der Waals surface area (Å²) in [4.78, 5) is 15.5. The van der Waals surface area contributed by atoms with Crippen molar-refractivity contribution in [1.29, 1.82) is 0 Å². The maximum absolute atomic E-state index is 11.3. The summed E-state index contributed by atoms with van der Waals surface area (Å²) in [7, 11) is 0. The lowest BCUT2D eigenvalue weighted by Gasteiger charge is -2.26. The molecule has 12 heavy (non-hydrogen) atoms. The molecule has 2 atom stereocenters. The zero-order valence-electron chi connectivity index (χ0n) is 7.11. The third kappa shape index (κ3) is 0.841. The monoisotopic (exact) mass is 165 g/mol. The number of fused-ring (bicyclic) bond motifs is 1. The molecule has 0 saturated heterocycles. The van der Waals surface area contributed by atoms with E-state index in [0.717, 1.165) is 5.82 Å². The van der Waals surface area contributed by atoms with Crippen molar-refractivity contribution in [1.82, 2.24) is 14.9 Å². The van der Waals surface area contributed by atoms with Crippen molar-refractivity contribution >= 4 is 5.91 Å². The zero-order chi connectivity index (χ0) is 8.72. The number of nitrogens with one attached hydrogen (secondary N) is 1. The Balaban J connectivity index is 2.49. The minimum atomic E-state index is -0.126. The average molecular weight is 165 g/mol. The second-order valence-electron chi connectivity index (χ2n) is 3.10.